The molecule has 84 valence electrons. The standard InChI is InChI=1S/C12H10ClFOS/c1-7-2-5-11(16-7)12(15)8-3-4-9(13)10(14)6-8/h2-6,12,15H,1H3/t12-/m1/s1. The summed E-state index contributed by atoms with van der Waals surface area (Å²) >= 11 is 7.08. The van der Waals surface area contributed by atoms with E-state index in [9.17, 15) is 9.50 Å². The van der Waals surface area contributed by atoms with Gasteiger partial charge in [-0.15, -0.1) is 11.3 Å². The first-order chi connectivity index (χ1) is 7.58. The van der Waals surface area contributed by atoms with Crippen molar-refractivity contribution in [2.75, 3.05) is 0 Å². The molecule has 0 fully saturated rings. The third-order valence-electron chi connectivity index (χ3n) is 2.29. The van der Waals surface area contributed by atoms with Crippen LogP contribution in [0, 0.1) is 12.7 Å². The molecule has 0 aliphatic heterocycles. The van der Waals surface area contributed by atoms with Crippen molar-refractivity contribution in [2.45, 2.75) is 13.0 Å². The van der Waals surface area contributed by atoms with E-state index in [4.69, 9.17) is 11.6 Å². The number of halogens is 2. The van der Waals surface area contributed by atoms with Crippen molar-refractivity contribution in [1.82, 2.24) is 0 Å². The maximum atomic E-state index is 13.2. The molecule has 2 rings (SSSR count). The second-order valence-electron chi connectivity index (χ2n) is 3.52. The molecule has 0 unspecified atom stereocenters. The van der Waals surface area contributed by atoms with Gasteiger partial charge in [-0.3, -0.25) is 0 Å². The third-order valence-corrected chi connectivity index (χ3v) is 3.65. The van der Waals surface area contributed by atoms with Gasteiger partial charge in [-0.25, -0.2) is 4.39 Å². The molecule has 0 aliphatic rings. The van der Waals surface area contributed by atoms with E-state index < -0.39 is 11.9 Å². The lowest BCUT2D eigenvalue weighted by atomic mass is 10.1. The third kappa shape index (κ3) is 2.26. The van der Waals surface area contributed by atoms with Crippen LogP contribution in [0.5, 0.6) is 0 Å². The van der Waals surface area contributed by atoms with E-state index in [0.717, 1.165) is 9.75 Å². The average molecular weight is 257 g/mol. The second kappa shape index (κ2) is 4.53. The lowest BCUT2D eigenvalue weighted by Crippen LogP contribution is -1.97. The fourth-order valence-corrected chi connectivity index (χ4v) is 2.46. The van der Waals surface area contributed by atoms with Gasteiger partial charge in [0.1, 0.15) is 11.9 Å². The summed E-state index contributed by atoms with van der Waals surface area (Å²) < 4.78 is 13.2. The fraction of sp³-hybridized carbons (Fsp3) is 0.167. The molecule has 1 nitrogen and oxygen atoms in total. The SMILES string of the molecule is Cc1ccc([C@H](O)c2ccc(Cl)c(F)c2)s1. The number of hydrogen-bond donors (Lipinski definition) is 1. The number of rotatable bonds is 2. The average Bonchev–Trinajstić information content (AvgIpc) is 2.68. The van der Waals surface area contributed by atoms with Crippen LogP contribution in [0.25, 0.3) is 0 Å². The van der Waals surface area contributed by atoms with Crippen LogP contribution in [-0.4, -0.2) is 5.11 Å². The Hall–Kier alpha value is -0.900. The minimum absolute atomic E-state index is 0.0679. The lowest BCUT2D eigenvalue weighted by Gasteiger charge is -2.09. The van der Waals surface area contributed by atoms with Gasteiger partial charge >= 0.3 is 0 Å². The molecule has 2 aromatic rings. The summed E-state index contributed by atoms with van der Waals surface area (Å²) in [6.45, 7) is 1.96. The van der Waals surface area contributed by atoms with E-state index in [1.165, 1.54) is 23.5 Å². The summed E-state index contributed by atoms with van der Waals surface area (Å²) in [5.74, 6) is -0.508. The smallest absolute Gasteiger partial charge is 0.142 e. The molecule has 1 N–H and O–H groups in total. The number of benzene rings is 1. The molecule has 1 heterocycles. The molecule has 0 saturated heterocycles. The number of thiophene rings is 1. The number of aryl methyl sites for hydroxylation is 1. The monoisotopic (exact) mass is 256 g/mol. The van der Waals surface area contributed by atoms with Crippen molar-refractivity contribution in [3.05, 3.63) is 56.5 Å². The Morgan fingerprint density at radius 2 is 2.06 bits per heavy atom. The zero-order chi connectivity index (χ0) is 11.7. The Balaban J connectivity index is 2.33. The Labute approximate surface area is 102 Å². The maximum Gasteiger partial charge on any atom is 0.142 e. The van der Waals surface area contributed by atoms with Gasteiger partial charge in [-0.2, -0.15) is 0 Å². The van der Waals surface area contributed by atoms with Crippen molar-refractivity contribution in [3.8, 4) is 0 Å². The highest BCUT2D eigenvalue weighted by Gasteiger charge is 2.13. The van der Waals surface area contributed by atoms with Crippen LogP contribution in [-0.2, 0) is 0 Å². The summed E-state index contributed by atoms with van der Waals surface area (Å²) in [6.07, 6.45) is -0.787. The van der Waals surface area contributed by atoms with Crippen LogP contribution in [0.3, 0.4) is 0 Å². The Morgan fingerprint density at radius 3 is 2.62 bits per heavy atom. The molecule has 0 amide bonds. The van der Waals surface area contributed by atoms with E-state index >= 15 is 0 Å². The first-order valence-corrected chi connectivity index (χ1v) is 5.96. The number of aliphatic hydroxyl groups is 1. The molecule has 0 aliphatic carbocycles. The van der Waals surface area contributed by atoms with E-state index in [-0.39, 0.29) is 5.02 Å². The Morgan fingerprint density at radius 1 is 1.31 bits per heavy atom. The highest BCUT2D eigenvalue weighted by molar-refractivity contribution is 7.12. The molecule has 0 radical (unpaired) electrons. The minimum atomic E-state index is -0.787. The normalized spacial score (nSPS) is 12.8. The summed E-state index contributed by atoms with van der Waals surface area (Å²) in [5, 5.41) is 10.1. The number of hydrogen-bond acceptors (Lipinski definition) is 2. The van der Waals surface area contributed by atoms with Gasteiger partial charge in [0.25, 0.3) is 0 Å². The van der Waals surface area contributed by atoms with Crippen LogP contribution in [0.1, 0.15) is 21.4 Å². The molecular formula is C12H10ClFOS. The predicted molar refractivity (Wildman–Crippen MR) is 64.5 cm³/mol. The summed E-state index contributed by atoms with van der Waals surface area (Å²) in [5.41, 5.74) is 0.517. The quantitative estimate of drug-likeness (QED) is 0.863. The molecule has 1 aromatic carbocycles. The predicted octanol–water partition coefficient (Wildman–Crippen LogP) is 3.93. The van der Waals surface area contributed by atoms with E-state index in [1.807, 2.05) is 19.1 Å². The zero-order valence-corrected chi connectivity index (χ0v) is 10.1. The topological polar surface area (TPSA) is 20.2 Å². The Bertz CT molecular complexity index is 509. The molecule has 1 atom stereocenters. The van der Waals surface area contributed by atoms with Crippen LogP contribution >= 0.6 is 22.9 Å². The number of aliphatic hydroxyl groups excluding tert-OH is 1. The lowest BCUT2D eigenvalue weighted by molar-refractivity contribution is 0.223. The first-order valence-electron chi connectivity index (χ1n) is 4.77. The molecule has 16 heavy (non-hydrogen) atoms. The maximum absolute atomic E-state index is 13.2. The molecule has 0 saturated carbocycles. The van der Waals surface area contributed by atoms with Crippen molar-refractivity contribution >= 4 is 22.9 Å². The zero-order valence-electron chi connectivity index (χ0n) is 8.58. The van der Waals surface area contributed by atoms with Crippen LogP contribution in [0.4, 0.5) is 4.39 Å². The summed E-state index contributed by atoms with van der Waals surface area (Å²) in [6, 6.07) is 8.12. The van der Waals surface area contributed by atoms with Gasteiger partial charge in [0, 0.05) is 9.75 Å². The summed E-state index contributed by atoms with van der Waals surface area (Å²) in [7, 11) is 0. The van der Waals surface area contributed by atoms with E-state index in [2.05, 4.69) is 0 Å². The van der Waals surface area contributed by atoms with Crippen LogP contribution < -0.4 is 0 Å². The van der Waals surface area contributed by atoms with Crippen molar-refractivity contribution < 1.29 is 9.50 Å². The minimum Gasteiger partial charge on any atom is -0.383 e. The van der Waals surface area contributed by atoms with Crippen molar-refractivity contribution in [2.24, 2.45) is 0 Å². The van der Waals surface area contributed by atoms with E-state index in [1.54, 1.807) is 6.07 Å². The van der Waals surface area contributed by atoms with Gasteiger partial charge in [-0.1, -0.05) is 17.7 Å². The van der Waals surface area contributed by atoms with Crippen molar-refractivity contribution in [3.63, 3.8) is 0 Å². The molecule has 0 spiro atoms. The van der Waals surface area contributed by atoms with Gasteiger partial charge in [-0.05, 0) is 36.8 Å². The van der Waals surface area contributed by atoms with Gasteiger partial charge in [0.05, 0.1) is 5.02 Å². The van der Waals surface area contributed by atoms with Crippen molar-refractivity contribution in [1.29, 1.82) is 0 Å². The fourth-order valence-electron chi connectivity index (χ4n) is 1.45. The summed E-state index contributed by atoms with van der Waals surface area (Å²) in [4.78, 5) is 1.92. The molecule has 1 aromatic heterocycles. The molecule has 0 bridgehead atoms. The van der Waals surface area contributed by atoms with Gasteiger partial charge < -0.3 is 5.11 Å². The Kier molecular flexibility index (Phi) is 3.28. The molecular weight excluding hydrogens is 247 g/mol. The van der Waals surface area contributed by atoms with Crippen LogP contribution in [0.15, 0.2) is 30.3 Å². The van der Waals surface area contributed by atoms with Gasteiger partial charge in [0.2, 0.25) is 0 Å². The molecule has 4 heteroatoms. The first kappa shape index (κ1) is 11.6. The highest BCUT2D eigenvalue weighted by atomic mass is 35.5. The largest absolute Gasteiger partial charge is 0.383 e. The van der Waals surface area contributed by atoms with Crippen LogP contribution in [0.2, 0.25) is 5.02 Å². The van der Waals surface area contributed by atoms with Gasteiger partial charge in [0.15, 0.2) is 0 Å². The highest BCUT2D eigenvalue weighted by Crippen LogP contribution is 2.29. The second-order valence-corrected chi connectivity index (χ2v) is 5.25. The van der Waals surface area contributed by atoms with E-state index in [0.29, 0.717) is 5.56 Å².